The quantitative estimate of drug-likeness (QED) is 0.667. The third-order valence-electron chi connectivity index (χ3n) is 4.65. The van der Waals surface area contributed by atoms with E-state index in [1.807, 2.05) is 0 Å². The lowest BCUT2D eigenvalue weighted by molar-refractivity contribution is 0.247. The SMILES string of the molecule is c1ccc2c(c1)C1NCCC13CCNC23. The Balaban J connectivity index is 1.96. The number of benzene rings is 1. The lowest BCUT2D eigenvalue weighted by Gasteiger charge is -2.28. The van der Waals surface area contributed by atoms with Gasteiger partial charge in [0.15, 0.2) is 0 Å². The molecular weight excluding hydrogens is 184 g/mol. The standard InChI is InChI=1S/C13H16N2/c1-2-4-10-9(3-1)11-13(5-7-14-11)6-8-15-12(10)13/h1-4,11-12,14-15H,5-8H2. The minimum Gasteiger partial charge on any atom is -0.309 e. The molecule has 2 fully saturated rings. The summed E-state index contributed by atoms with van der Waals surface area (Å²) in [5, 5.41) is 7.39. The molecule has 0 saturated carbocycles. The van der Waals surface area contributed by atoms with Crippen molar-refractivity contribution in [2.45, 2.75) is 24.9 Å². The van der Waals surface area contributed by atoms with Crippen LogP contribution in [0, 0.1) is 5.41 Å². The molecule has 2 aliphatic heterocycles. The molecule has 2 saturated heterocycles. The van der Waals surface area contributed by atoms with Crippen molar-refractivity contribution in [1.29, 1.82) is 0 Å². The lowest BCUT2D eigenvalue weighted by Crippen LogP contribution is -2.26. The third-order valence-corrected chi connectivity index (χ3v) is 4.65. The molecule has 2 heteroatoms. The molecule has 1 aliphatic carbocycles. The van der Waals surface area contributed by atoms with Crippen LogP contribution in [0.5, 0.6) is 0 Å². The van der Waals surface area contributed by atoms with Crippen LogP contribution in [-0.4, -0.2) is 13.1 Å². The highest BCUT2D eigenvalue weighted by molar-refractivity contribution is 5.44. The van der Waals surface area contributed by atoms with Crippen LogP contribution < -0.4 is 10.6 Å². The number of fused-ring (bicyclic) bond motifs is 3. The highest BCUT2D eigenvalue weighted by Crippen LogP contribution is 2.61. The molecule has 2 unspecified atom stereocenters. The monoisotopic (exact) mass is 200 g/mol. The van der Waals surface area contributed by atoms with Crippen molar-refractivity contribution in [3.63, 3.8) is 0 Å². The molecule has 1 spiro atoms. The summed E-state index contributed by atoms with van der Waals surface area (Å²) in [4.78, 5) is 0. The summed E-state index contributed by atoms with van der Waals surface area (Å²) in [5.74, 6) is 0. The van der Waals surface area contributed by atoms with Gasteiger partial charge in [-0.05, 0) is 37.1 Å². The van der Waals surface area contributed by atoms with Crippen LogP contribution in [0.2, 0.25) is 0 Å². The Morgan fingerprint density at radius 2 is 1.47 bits per heavy atom. The van der Waals surface area contributed by atoms with Crippen molar-refractivity contribution in [2.75, 3.05) is 13.1 Å². The fourth-order valence-corrected chi connectivity index (χ4v) is 4.05. The van der Waals surface area contributed by atoms with Gasteiger partial charge in [0.05, 0.1) is 0 Å². The van der Waals surface area contributed by atoms with E-state index in [1.54, 1.807) is 11.1 Å². The van der Waals surface area contributed by atoms with Crippen molar-refractivity contribution in [2.24, 2.45) is 5.41 Å². The second-order valence-electron chi connectivity index (χ2n) is 5.14. The van der Waals surface area contributed by atoms with Crippen molar-refractivity contribution in [1.82, 2.24) is 10.6 Å². The normalized spacial score (nSPS) is 41.3. The van der Waals surface area contributed by atoms with Gasteiger partial charge in [0.2, 0.25) is 0 Å². The largest absolute Gasteiger partial charge is 0.309 e. The molecule has 78 valence electrons. The molecule has 2 atom stereocenters. The van der Waals surface area contributed by atoms with Gasteiger partial charge in [-0.1, -0.05) is 24.3 Å². The van der Waals surface area contributed by atoms with Crippen LogP contribution in [-0.2, 0) is 0 Å². The molecule has 1 aromatic carbocycles. The zero-order valence-corrected chi connectivity index (χ0v) is 8.79. The second kappa shape index (κ2) is 2.63. The van der Waals surface area contributed by atoms with Crippen LogP contribution in [0.25, 0.3) is 0 Å². The molecule has 15 heavy (non-hydrogen) atoms. The summed E-state index contributed by atoms with van der Waals surface area (Å²) in [5.41, 5.74) is 3.60. The third kappa shape index (κ3) is 0.837. The van der Waals surface area contributed by atoms with E-state index in [1.165, 1.54) is 25.9 Å². The van der Waals surface area contributed by atoms with Crippen LogP contribution in [0.15, 0.2) is 24.3 Å². The van der Waals surface area contributed by atoms with Crippen molar-refractivity contribution >= 4 is 0 Å². The Kier molecular flexibility index (Phi) is 1.46. The summed E-state index contributed by atoms with van der Waals surface area (Å²) in [6.07, 6.45) is 2.67. The molecule has 2 heterocycles. The fourth-order valence-electron chi connectivity index (χ4n) is 4.05. The van der Waals surface area contributed by atoms with E-state index < -0.39 is 0 Å². The average Bonchev–Trinajstić information content (AvgIpc) is 2.89. The topological polar surface area (TPSA) is 24.1 Å². The zero-order valence-electron chi connectivity index (χ0n) is 8.79. The van der Waals surface area contributed by atoms with Gasteiger partial charge in [-0.3, -0.25) is 0 Å². The van der Waals surface area contributed by atoms with Gasteiger partial charge in [-0.25, -0.2) is 0 Å². The van der Waals surface area contributed by atoms with Gasteiger partial charge in [0.1, 0.15) is 0 Å². The Morgan fingerprint density at radius 3 is 2.00 bits per heavy atom. The zero-order chi connectivity index (χ0) is 9.88. The molecule has 2 N–H and O–H groups in total. The van der Waals surface area contributed by atoms with Gasteiger partial charge in [-0.2, -0.15) is 0 Å². The maximum absolute atomic E-state index is 3.70. The second-order valence-corrected chi connectivity index (χ2v) is 5.14. The summed E-state index contributed by atoms with van der Waals surface area (Å²) in [6, 6.07) is 10.2. The first kappa shape index (κ1) is 8.31. The molecule has 0 amide bonds. The van der Waals surface area contributed by atoms with Gasteiger partial charge in [-0.15, -0.1) is 0 Å². The number of hydrogen-bond acceptors (Lipinski definition) is 2. The van der Waals surface area contributed by atoms with Gasteiger partial charge in [0.25, 0.3) is 0 Å². The van der Waals surface area contributed by atoms with Crippen LogP contribution >= 0.6 is 0 Å². The Bertz CT molecular complexity index is 374. The summed E-state index contributed by atoms with van der Waals surface area (Å²) in [7, 11) is 0. The lowest BCUT2D eigenvalue weighted by atomic mass is 9.77. The van der Waals surface area contributed by atoms with Crippen LogP contribution in [0.3, 0.4) is 0 Å². The highest BCUT2D eigenvalue weighted by atomic mass is 15.1. The highest BCUT2D eigenvalue weighted by Gasteiger charge is 2.57. The van der Waals surface area contributed by atoms with Crippen molar-refractivity contribution in [3.05, 3.63) is 35.4 Å². The van der Waals surface area contributed by atoms with E-state index in [4.69, 9.17) is 0 Å². The van der Waals surface area contributed by atoms with Gasteiger partial charge >= 0.3 is 0 Å². The summed E-state index contributed by atoms with van der Waals surface area (Å²) >= 11 is 0. The fraction of sp³-hybridized carbons (Fsp3) is 0.538. The van der Waals surface area contributed by atoms with E-state index in [-0.39, 0.29) is 0 Å². The van der Waals surface area contributed by atoms with Crippen LogP contribution in [0.1, 0.15) is 36.1 Å². The first-order valence-electron chi connectivity index (χ1n) is 5.97. The molecular formula is C13H16N2. The molecule has 2 nitrogen and oxygen atoms in total. The van der Waals surface area contributed by atoms with E-state index in [9.17, 15) is 0 Å². The number of rotatable bonds is 0. The predicted molar refractivity (Wildman–Crippen MR) is 59.6 cm³/mol. The minimum atomic E-state index is 0.504. The average molecular weight is 200 g/mol. The smallest absolute Gasteiger partial charge is 0.0399 e. The van der Waals surface area contributed by atoms with E-state index in [2.05, 4.69) is 34.9 Å². The molecule has 4 rings (SSSR count). The Labute approximate surface area is 90.1 Å². The number of nitrogens with one attached hydrogen (secondary N) is 2. The van der Waals surface area contributed by atoms with Crippen molar-refractivity contribution in [3.8, 4) is 0 Å². The van der Waals surface area contributed by atoms with E-state index in [0.29, 0.717) is 17.5 Å². The first-order valence-corrected chi connectivity index (χ1v) is 5.97. The molecule has 0 radical (unpaired) electrons. The Morgan fingerprint density at radius 1 is 0.933 bits per heavy atom. The maximum atomic E-state index is 3.70. The molecule has 0 bridgehead atoms. The minimum absolute atomic E-state index is 0.504. The maximum Gasteiger partial charge on any atom is 0.0399 e. The summed E-state index contributed by atoms with van der Waals surface area (Å²) < 4.78 is 0. The van der Waals surface area contributed by atoms with Gasteiger partial charge in [0, 0.05) is 17.5 Å². The molecule has 0 aromatic heterocycles. The summed E-state index contributed by atoms with van der Waals surface area (Å²) in [6.45, 7) is 2.38. The van der Waals surface area contributed by atoms with E-state index >= 15 is 0 Å². The first-order chi connectivity index (χ1) is 7.42. The van der Waals surface area contributed by atoms with Crippen molar-refractivity contribution < 1.29 is 0 Å². The predicted octanol–water partition coefficient (Wildman–Crippen LogP) is 1.76. The van der Waals surface area contributed by atoms with Crippen LogP contribution in [0.4, 0.5) is 0 Å². The number of hydrogen-bond donors (Lipinski definition) is 2. The van der Waals surface area contributed by atoms with Gasteiger partial charge < -0.3 is 10.6 Å². The van der Waals surface area contributed by atoms with E-state index in [0.717, 1.165) is 0 Å². The molecule has 3 aliphatic rings. The molecule has 1 aromatic rings. The Hall–Kier alpha value is -0.860.